The van der Waals surface area contributed by atoms with Crippen molar-refractivity contribution >= 4 is 119 Å². The van der Waals surface area contributed by atoms with Crippen molar-refractivity contribution < 1.29 is 0 Å². The monoisotopic (exact) mass is 932 g/mol. The van der Waals surface area contributed by atoms with Crippen LogP contribution in [-0.4, -0.2) is 0 Å². The van der Waals surface area contributed by atoms with E-state index in [9.17, 15) is 0 Å². The van der Waals surface area contributed by atoms with E-state index >= 15 is 0 Å². The molecule has 4 heteroatoms. The number of para-hydroxylation sites is 2. The van der Waals surface area contributed by atoms with Crippen molar-refractivity contribution in [3.8, 4) is 22.3 Å². The lowest BCUT2D eigenvalue weighted by Gasteiger charge is -2.33. The summed E-state index contributed by atoms with van der Waals surface area (Å²) in [6, 6.07) is 87.6. The van der Waals surface area contributed by atoms with Gasteiger partial charge in [0.1, 0.15) is 0 Å². The van der Waals surface area contributed by atoms with Crippen LogP contribution in [0.4, 0.5) is 34.1 Å². The van der Waals surface area contributed by atoms with Gasteiger partial charge in [0.2, 0.25) is 0 Å². The smallest absolute Gasteiger partial charge is 0.0620 e. The third kappa shape index (κ3) is 7.05. The largest absolute Gasteiger partial charge is 0.309 e. The molecule has 0 aliphatic carbocycles. The first-order valence-corrected chi connectivity index (χ1v) is 25.7. The van der Waals surface area contributed by atoms with Crippen LogP contribution in [0.1, 0.15) is 26.3 Å². The van der Waals surface area contributed by atoms with Crippen LogP contribution in [0.5, 0.6) is 0 Å². The highest BCUT2D eigenvalue weighted by atomic mass is 32.1. The summed E-state index contributed by atoms with van der Waals surface area (Å²) in [6.07, 6.45) is 0. The van der Waals surface area contributed by atoms with Crippen molar-refractivity contribution in [2.24, 2.45) is 0 Å². The molecular weight excluding hydrogens is 885 g/mol. The summed E-state index contributed by atoms with van der Waals surface area (Å²) in [5.41, 5.74) is 12.8. The molecular formula is C66H48N2S2. The maximum atomic E-state index is 2.51. The predicted molar refractivity (Wildman–Crippen MR) is 306 cm³/mol. The Morgan fingerprint density at radius 2 is 0.686 bits per heavy atom. The van der Waals surface area contributed by atoms with Gasteiger partial charge in [0, 0.05) is 84.6 Å². The van der Waals surface area contributed by atoms with Crippen molar-refractivity contribution in [1.82, 2.24) is 0 Å². The summed E-state index contributed by atoms with van der Waals surface area (Å²) >= 11 is 3.76. The molecule has 0 saturated carbocycles. The van der Waals surface area contributed by atoms with E-state index in [-0.39, 0.29) is 5.41 Å². The molecule has 11 aromatic carbocycles. The lowest BCUT2D eigenvalue weighted by Crippen LogP contribution is -2.16. The second kappa shape index (κ2) is 16.9. The molecule has 13 aromatic rings. The van der Waals surface area contributed by atoms with Gasteiger partial charge in [-0.2, -0.15) is 0 Å². The third-order valence-electron chi connectivity index (χ3n) is 13.9. The maximum absolute atomic E-state index is 2.51. The van der Waals surface area contributed by atoms with E-state index in [1.165, 1.54) is 89.7 Å². The summed E-state index contributed by atoms with van der Waals surface area (Å²) in [6.45, 7) is 6.96. The highest BCUT2D eigenvalue weighted by molar-refractivity contribution is 7.26. The van der Waals surface area contributed by atoms with Crippen LogP contribution in [0.3, 0.4) is 0 Å². The van der Waals surface area contributed by atoms with Crippen LogP contribution in [-0.2, 0) is 5.41 Å². The summed E-state index contributed by atoms with van der Waals surface area (Å²) < 4.78 is 5.24. The van der Waals surface area contributed by atoms with Crippen LogP contribution in [0.2, 0.25) is 0 Å². The molecule has 0 aliphatic rings. The van der Waals surface area contributed by atoms with Crippen LogP contribution in [0.15, 0.2) is 237 Å². The van der Waals surface area contributed by atoms with Gasteiger partial charge in [0.05, 0.1) is 11.4 Å². The number of rotatable bonds is 8. The van der Waals surface area contributed by atoms with Gasteiger partial charge in [-0.25, -0.2) is 0 Å². The van der Waals surface area contributed by atoms with Crippen molar-refractivity contribution in [2.75, 3.05) is 9.80 Å². The van der Waals surface area contributed by atoms with Gasteiger partial charge < -0.3 is 9.80 Å². The number of thiophene rings is 2. The van der Waals surface area contributed by atoms with E-state index in [1.807, 2.05) is 22.7 Å². The average molecular weight is 933 g/mol. The van der Waals surface area contributed by atoms with Crippen LogP contribution < -0.4 is 9.80 Å². The van der Waals surface area contributed by atoms with E-state index in [4.69, 9.17) is 0 Å². The molecule has 0 bridgehead atoms. The Morgan fingerprint density at radius 1 is 0.300 bits per heavy atom. The topological polar surface area (TPSA) is 6.48 Å². The number of nitrogens with zero attached hydrogens (tertiary/aromatic N) is 2. The van der Waals surface area contributed by atoms with Crippen LogP contribution >= 0.6 is 22.7 Å². The minimum absolute atomic E-state index is 0.0985. The quantitative estimate of drug-likeness (QED) is 0.111. The second-order valence-electron chi connectivity index (χ2n) is 19.3. The molecule has 0 spiro atoms. The Bertz CT molecular complexity index is 4120. The molecule has 70 heavy (non-hydrogen) atoms. The lowest BCUT2D eigenvalue weighted by atomic mass is 9.84. The summed E-state index contributed by atoms with van der Waals surface area (Å²) in [5.74, 6) is 0. The van der Waals surface area contributed by atoms with Gasteiger partial charge in [-0.3, -0.25) is 0 Å². The molecule has 0 atom stereocenters. The average Bonchev–Trinajstić information content (AvgIpc) is 3.99. The molecule has 2 aromatic heterocycles. The number of anilines is 6. The number of benzene rings is 11. The van der Waals surface area contributed by atoms with E-state index in [2.05, 4.69) is 267 Å². The zero-order valence-corrected chi connectivity index (χ0v) is 40.9. The number of fused-ring (bicyclic) bond motifs is 8. The summed E-state index contributed by atoms with van der Waals surface area (Å²) in [7, 11) is 0. The number of hydrogen-bond donors (Lipinski definition) is 0. The van der Waals surface area contributed by atoms with Crippen molar-refractivity contribution in [2.45, 2.75) is 26.2 Å². The van der Waals surface area contributed by atoms with E-state index < -0.39 is 0 Å². The van der Waals surface area contributed by atoms with Crippen molar-refractivity contribution in [3.05, 3.63) is 242 Å². The highest BCUT2D eigenvalue weighted by Crippen LogP contribution is 2.53. The molecule has 0 amide bonds. The zero-order chi connectivity index (χ0) is 46.9. The van der Waals surface area contributed by atoms with Gasteiger partial charge in [-0.05, 0) is 100.0 Å². The van der Waals surface area contributed by atoms with E-state index in [0.29, 0.717) is 0 Å². The fourth-order valence-corrected chi connectivity index (χ4v) is 13.1. The molecule has 0 unspecified atom stereocenters. The number of hydrogen-bond acceptors (Lipinski definition) is 4. The van der Waals surface area contributed by atoms with E-state index in [1.54, 1.807) is 0 Å². The van der Waals surface area contributed by atoms with Crippen LogP contribution in [0.25, 0.3) is 84.1 Å². The Hall–Kier alpha value is -8.02. The summed E-state index contributed by atoms with van der Waals surface area (Å²) in [4.78, 5) is 5.01. The van der Waals surface area contributed by atoms with Crippen molar-refractivity contribution in [3.63, 3.8) is 0 Å². The molecule has 2 nitrogen and oxygen atoms in total. The molecule has 2 heterocycles. The Labute approximate surface area is 416 Å². The zero-order valence-electron chi connectivity index (χ0n) is 39.2. The normalized spacial score (nSPS) is 11.9. The first-order valence-electron chi connectivity index (χ1n) is 24.1. The minimum Gasteiger partial charge on any atom is -0.309 e. The predicted octanol–water partition coefficient (Wildman–Crippen LogP) is 20.3. The SMILES string of the molecule is CC(C)(C)c1ccc2c(N(c3ccccc3)c3cccc(-c4cccc5c4sc4ccccc45)c3)c3ccccc3c(N(c3ccccc3)c3cccc(-c4cccc5c4sc4ccccc45)c3)c2c1. The molecule has 0 fully saturated rings. The molecule has 0 aliphatic heterocycles. The molecule has 13 rings (SSSR count). The fourth-order valence-electron chi connectivity index (χ4n) is 10.6. The van der Waals surface area contributed by atoms with Gasteiger partial charge in [-0.1, -0.05) is 191 Å². The first kappa shape index (κ1) is 42.1. The highest BCUT2D eigenvalue weighted by Gasteiger charge is 2.28. The van der Waals surface area contributed by atoms with Gasteiger partial charge >= 0.3 is 0 Å². The van der Waals surface area contributed by atoms with Crippen molar-refractivity contribution in [1.29, 1.82) is 0 Å². The van der Waals surface area contributed by atoms with Gasteiger partial charge in [0.15, 0.2) is 0 Å². The Morgan fingerprint density at radius 3 is 1.17 bits per heavy atom. The Balaban J connectivity index is 1.08. The standard InChI is InChI=1S/C66H48N2S2/c1-66(2,3)45-38-39-56-59(42-45)63(68(47-24-8-5-9-25-47)49-27-17-21-44(41-49)51-33-19-35-58-53-29-13-15-37-61(53)70-65(51)58)55-31-11-10-30-54(55)62(56)67(46-22-6-4-7-23-46)48-26-16-20-43(40-48)50-32-18-34-57-52-28-12-14-36-60(52)69-64(50)57/h4-42H,1-3H3. The maximum Gasteiger partial charge on any atom is 0.0620 e. The van der Waals surface area contributed by atoms with Gasteiger partial charge in [-0.15, -0.1) is 22.7 Å². The van der Waals surface area contributed by atoms with E-state index in [0.717, 1.165) is 34.1 Å². The molecule has 0 N–H and O–H groups in total. The lowest BCUT2D eigenvalue weighted by molar-refractivity contribution is 0.591. The Kier molecular flexibility index (Phi) is 10.2. The minimum atomic E-state index is -0.0985. The molecule has 0 saturated heterocycles. The molecule has 334 valence electrons. The first-order chi connectivity index (χ1) is 34.4. The van der Waals surface area contributed by atoms with Gasteiger partial charge in [0.25, 0.3) is 0 Å². The molecule has 0 radical (unpaired) electrons. The third-order valence-corrected chi connectivity index (χ3v) is 16.4. The summed E-state index contributed by atoms with van der Waals surface area (Å²) in [5, 5.41) is 9.93. The second-order valence-corrected chi connectivity index (χ2v) is 21.4. The fraction of sp³-hybridized carbons (Fsp3) is 0.0606. The van der Waals surface area contributed by atoms with Crippen LogP contribution in [0, 0.1) is 0 Å².